The Morgan fingerprint density at radius 2 is 2.14 bits per heavy atom. The number of hydrogen-bond acceptors (Lipinski definition) is 3. The highest BCUT2D eigenvalue weighted by Crippen LogP contribution is 2.15. The molecule has 0 unspecified atom stereocenters. The van der Waals surface area contributed by atoms with Gasteiger partial charge in [0.1, 0.15) is 11.6 Å². The molecule has 1 atom stereocenters. The van der Waals surface area contributed by atoms with Crippen molar-refractivity contribution in [1.29, 1.82) is 0 Å². The average Bonchev–Trinajstić information content (AvgIpc) is 2.47. The maximum Gasteiger partial charge on any atom is 0.328 e. The van der Waals surface area contributed by atoms with Gasteiger partial charge in [0, 0.05) is 13.0 Å². The maximum absolute atomic E-state index is 13.5. The Hall–Kier alpha value is -2.02. The van der Waals surface area contributed by atoms with Crippen molar-refractivity contribution in [2.24, 2.45) is 0 Å². The minimum atomic E-state index is -1.14. The van der Waals surface area contributed by atoms with Gasteiger partial charge in [-0.05, 0) is 30.2 Å². The number of benzene rings is 1. The number of morpholine rings is 1. The summed E-state index contributed by atoms with van der Waals surface area (Å²) < 4.78 is 31.5. The predicted octanol–water partition coefficient (Wildman–Crippen LogP) is 1.21. The number of halogens is 2. The lowest BCUT2D eigenvalue weighted by Crippen LogP contribution is -2.52. The highest BCUT2D eigenvalue weighted by atomic mass is 19.1. The standard InChI is InChI=1S/C14H15F2NO4/c15-10-2-3-11(16)9(7-10)1-4-13(18)17-5-6-21-8-12(17)14(19)20/h2-3,7,12H,1,4-6,8H2,(H,19,20)/t12-/m1/s1. The first kappa shape index (κ1) is 15.4. The minimum absolute atomic E-state index is 0.0200. The lowest BCUT2D eigenvalue weighted by atomic mass is 10.1. The van der Waals surface area contributed by atoms with Crippen LogP contribution in [0.15, 0.2) is 18.2 Å². The van der Waals surface area contributed by atoms with E-state index in [0.29, 0.717) is 0 Å². The number of carboxylic acids is 1. The van der Waals surface area contributed by atoms with Crippen LogP contribution in [0.2, 0.25) is 0 Å². The predicted molar refractivity (Wildman–Crippen MR) is 68.6 cm³/mol. The van der Waals surface area contributed by atoms with Crippen molar-refractivity contribution >= 4 is 11.9 Å². The Morgan fingerprint density at radius 1 is 1.38 bits per heavy atom. The van der Waals surface area contributed by atoms with Crippen molar-refractivity contribution < 1.29 is 28.2 Å². The average molecular weight is 299 g/mol. The molecule has 1 aromatic rings. The van der Waals surface area contributed by atoms with Crippen molar-refractivity contribution in [3.05, 3.63) is 35.4 Å². The third-order valence-corrected chi connectivity index (χ3v) is 3.35. The minimum Gasteiger partial charge on any atom is -0.480 e. The molecule has 0 radical (unpaired) electrons. The Bertz CT molecular complexity index is 550. The first-order valence-electron chi connectivity index (χ1n) is 6.53. The zero-order valence-corrected chi connectivity index (χ0v) is 11.2. The summed E-state index contributed by atoms with van der Waals surface area (Å²) in [7, 11) is 0. The number of nitrogens with zero attached hydrogens (tertiary/aromatic N) is 1. The van der Waals surface area contributed by atoms with E-state index >= 15 is 0 Å². The molecule has 1 N–H and O–H groups in total. The molecule has 1 aliphatic rings. The van der Waals surface area contributed by atoms with Crippen molar-refractivity contribution in [2.75, 3.05) is 19.8 Å². The summed E-state index contributed by atoms with van der Waals surface area (Å²) in [6, 6.07) is 2.02. The molecule has 2 rings (SSSR count). The summed E-state index contributed by atoms with van der Waals surface area (Å²) in [5, 5.41) is 9.04. The highest BCUT2D eigenvalue weighted by Gasteiger charge is 2.32. The maximum atomic E-state index is 13.5. The summed E-state index contributed by atoms with van der Waals surface area (Å²) in [6.45, 7) is 0.390. The van der Waals surface area contributed by atoms with Gasteiger partial charge < -0.3 is 14.7 Å². The second-order valence-corrected chi connectivity index (χ2v) is 4.75. The molecule has 0 spiro atoms. The first-order chi connectivity index (χ1) is 9.99. The molecule has 1 saturated heterocycles. The van der Waals surface area contributed by atoms with E-state index < -0.39 is 29.6 Å². The van der Waals surface area contributed by atoms with E-state index in [9.17, 15) is 18.4 Å². The molecule has 1 amide bonds. The van der Waals surface area contributed by atoms with Crippen molar-refractivity contribution in [2.45, 2.75) is 18.9 Å². The van der Waals surface area contributed by atoms with Crippen LogP contribution in [-0.2, 0) is 20.7 Å². The fraction of sp³-hybridized carbons (Fsp3) is 0.429. The fourth-order valence-corrected chi connectivity index (χ4v) is 2.23. The van der Waals surface area contributed by atoms with Crippen LogP contribution >= 0.6 is 0 Å². The molecular weight excluding hydrogens is 284 g/mol. The number of hydrogen-bond donors (Lipinski definition) is 1. The normalized spacial score (nSPS) is 18.6. The Kier molecular flexibility index (Phi) is 4.85. The number of ether oxygens (including phenoxy) is 1. The number of aliphatic carboxylic acids is 1. The monoisotopic (exact) mass is 299 g/mol. The summed E-state index contributed by atoms with van der Waals surface area (Å²) in [6.07, 6.45) is -0.0592. The Morgan fingerprint density at radius 3 is 2.86 bits per heavy atom. The molecule has 0 bridgehead atoms. The van der Waals surface area contributed by atoms with Crippen LogP contribution in [0.25, 0.3) is 0 Å². The van der Waals surface area contributed by atoms with Crippen LogP contribution < -0.4 is 0 Å². The number of aryl methyl sites for hydroxylation is 1. The van der Waals surface area contributed by atoms with Crippen LogP contribution in [0.1, 0.15) is 12.0 Å². The molecule has 21 heavy (non-hydrogen) atoms. The molecule has 0 aromatic heterocycles. The number of carbonyl (C=O) groups is 2. The molecule has 5 nitrogen and oxygen atoms in total. The molecular formula is C14H15F2NO4. The van der Waals surface area contributed by atoms with Gasteiger partial charge in [0.25, 0.3) is 0 Å². The highest BCUT2D eigenvalue weighted by molar-refractivity contribution is 5.84. The van der Waals surface area contributed by atoms with Gasteiger partial charge in [-0.3, -0.25) is 4.79 Å². The van der Waals surface area contributed by atoms with Crippen LogP contribution in [0, 0.1) is 11.6 Å². The van der Waals surface area contributed by atoms with Gasteiger partial charge in [-0.2, -0.15) is 0 Å². The smallest absolute Gasteiger partial charge is 0.328 e. The molecule has 1 aromatic carbocycles. The molecule has 114 valence electrons. The quantitative estimate of drug-likeness (QED) is 0.907. The van der Waals surface area contributed by atoms with Gasteiger partial charge >= 0.3 is 5.97 Å². The van der Waals surface area contributed by atoms with Crippen LogP contribution in [-0.4, -0.2) is 47.7 Å². The summed E-state index contributed by atoms with van der Waals surface area (Å²) in [4.78, 5) is 24.3. The van der Waals surface area contributed by atoms with Gasteiger partial charge in [0.05, 0.1) is 13.2 Å². The third kappa shape index (κ3) is 3.75. The Labute approximate surface area is 120 Å². The molecule has 0 aliphatic carbocycles. The third-order valence-electron chi connectivity index (χ3n) is 3.35. The molecule has 1 fully saturated rings. The van der Waals surface area contributed by atoms with Crippen LogP contribution in [0.4, 0.5) is 8.78 Å². The van der Waals surface area contributed by atoms with E-state index in [1.54, 1.807) is 0 Å². The van der Waals surface area contributed by atoms with Crippen molar-refractivity contribution in [3.8, 4) is 0 Å². The molecule has 1 aliphatic heterocycles. The van der Waals surface area contributed by atoms with E-state index in [-0.39, 0.29) is 38.2 Å². The van der Waals surface area contributed by atoms with E-state index in [4.69, 9.17) is 9.84 Å². The topological polar surface area (TPSA) is 66.8 Å². The number of rotatable bonds is 4. The van der Waals surface area contributed by atoms with E-state index in [2.05, 4.69) is 0 Å². The van der Waals surface area contributed by atoms with E-state index in [1.165, 1.54) is 4.90 Å². The SMILES string of the molecule is O=C(O)[C@H]1COCCN1C(=O)CCc1cc(F)ccc1F. The zero-order chi connectivity index (χ0) is 15.4. The summed E-state index contributed by atoms with van der Waals surface area (Å²) in [5.41, 5.74) is 0.100. The summed E-state index contributed by atoms with van der Waals surface area (Å²) >= 11 is 0. The summed E-state index contributed by atoms with van der Waals surface area (Å²) in [5.74, 6) is -2.70. The van der Waals surface area contributed by atoms with Gasteiger partial charge in [-0.25, -0.2) is 13.6 Å². The number of carbonyl (C=O) groups excluding carboxylic acids is 1. The van der Waals surface area contributed by atoms with Gasteiger partial charge in [0.2, 0.25) is 5.91 Å². The lowest BCUT2D eigenvalue weighted by molar-refractivity contribution is -0.158. The van der Waals surface area contributed by atoms with Gasteiger partial charge in [-0.1, -0.05) is 0 Å². The second-order valence-electron chi connectivity index (χ2n) is 4.75. The molecule has 1 heterocycles. The number of carboxylic acid groups (broad SMARTS) is 1. The van der Waals surface area contributed by atoms with Gasteiger partial charge in [0.15, 0.2) is 6.04 Å². The fourth-order valence-electron chi connectivity index (χ4n) is 2.23. The van der Waals surface area contributed by atoms with Crippen LogP contribution in [0.3, 0.4) is 0 Å². The second kappa shape index (κ2) is 6.62. The molecule has 7 heteroatoms. The van der Waals surface area contributed by atoms with Crippen molar-refractivity contribution in [3.63, 3.8) is 0 Å². The van der Waals surface area contributed by atoms with Gasteiger partial charge in [-0.15, -0.1) is 0 Å². The zero-order valence-electron chi connectivity index (χ0n) is 11.2. The first-order valence-corrected chi connectivity index (χ1v) is 6.53. The van der Waals surface area contributed by atoms with Crippen molar-refractivity contribution in [1.82, 2.24) is 4.90 Å². The van der Waals surface area contributed by atoms with E-state index in [0.717, 1.165) is 18.2 Å². The van der Waals surface area contributed by atoms with Crippen LogP contribution in [0.5, 0.6) is 0 Å². The number of amides is 1. The lowest BCUT2D eigenvalue weighted by Gasteiger charge is -2.32. The van der Waals surface area contributed by atoms with E-state index in [1.807, 2.05) is 0 Å². The Balaban J connectivity index is 2.00. The molecule has 0 saturated carbocycles. The largest absolute Gasteiger partial charge is 0.480 e.